The van der Waals surface area contributed by atoms with Crippen LogP contribution in [0, 0.1) is 0 Å². The molecule has 0 amide bonds. The van der Waals surface area contributed by atoms with Gasteiger partial charge < -0.3 is 14.3 Å². The molecule has 1 atom stereocenters. The lowest BCUT2D eigenvalue weighted by molar-refractivity contribution is 0.574. The van der Waals surface area contributed by atoms with Gasteiger partial charge in [0.15, 0.2) is 0 Å². The molecule has 0 bridgehead atoms. The first-order valence-corrected chi connectivity index (χ1v) is 6.48. The van der Waals surface area contributed by atoms with Gasteiger partial charge in [0, 0.05) is 30.7 Å². The van der Waals surface area contributed by atoms with Crippen LogP contribution < -0.4 is 5.32 Å². The van der Waals surface area contributed by atoms with Crippen LogP contribution in [0.5, 0.6) is 0 Å². The van der Waals surface area contributed by atoms with Gasteiger partial charge in [-0.1, -0.05) is 0 Å². The first-order chi connectivity index (χ1) is 9.74. The van der Waals surface area contributed by atoms with Crippen molar-refractivity contribution in [3.8, 4) is 11.5 Å². The van der Waals surface area contributed by atoms with Crippen LogP contribution in [0.1, 0.15) is 18.8 Å². The highest BCUT2D eigenvalue weighted by Crippen LogP contribution is 2.22. The molecule has 5 nitrogen and oxygen atoms in total. The second-order valence-electron chi connectivity index (χ2n) is 4.68. The Morgan fingerprint density at radius 3 is 2.55 bits per heavy atom. The molecule has 0 aliphatic rings. The summed E-state index contributed by atoms with van der Waals surface area (Å²) in [4.78, 5) is 8.47. The zero-order valence-corrected chi connectivity index (χ0v) is 11.4. The molecule has 0 fully saturated rings. The van der Waals surface area contributed by atoms with Crippen molar-refractivity contribution in [1.29, 1.82) is 0 Å². The van der Waals surface area contributed by atoms with Gasteiger partial charge in [-0.15, -0.1) is 0 Å². The summed E-state index contributed by atoms with van der Waals surface area (Å²) in [6.45, 7) is 2.09. The number of nitrogens with zero attached hydrogens (tertiary/aromatic N) is 3. The molecule has 5 heteroatoms. The standard InChI is InChI=1S/C15H16N4O/c1-11(14-16-7-9-19(14)2)18-13-5-3-12(4-6-13)15-17-8-10-20-15/h3-11,18H,1-2H3. The first-order valence-electron chi connectivity index (χ1n) is 6.48. The number of nitrogens with one attached hydrogen (secondary N) is 1. The van der Waals surface area contributed by atoms with E-state index in [1.807, 2.05) is 42.1 Å². The lowest BCUT2D eigenvalue weighted by atomic mass is 10.2. The van der Waals surface area contributed by atoms with Crippen LogP contribution in [-0.4, -0.2) is 14.5 Å². The molecule has 3 rings (SSSR count). The van der Waals surface area contributed by atoms with Gasteiger partial charge in [0.1, 0.15) is 12.1 Å². The van der Waals surface area contributed by atoms with E-state index in [4.69, 9.17) is 4.42 Å². The van der Waals surface area contributed by atoms with Gasteiger partial charge in [-0.25, -0.2) is 9.97 Å². The molecule has 1 N–H and O–H groups in total. The van der Waals surface area contributed by atoms with Crippen molar-refractivity contribution in [2.24, 2.45) is 7.05 Å². The van der Waals surface area contributed by atoms with E-state index in [0.717, 1.165) is 17.1 Å². The minimum atomic E-state index is 0.141. The molecule has 0 saturated carbocycles. The van der Waals surface area contributed by atoms with Gasteiger partial charge in [-0.2, -0.15) is 0 Å². The van der Waals surface area contributed by atoms with Crippen LogP contribution in [-0.2, 0) is 7.05 Å². The van der Waals surface area contributed by atoms with Gasteiger partial charge in [-0.3, -0.25) is 0 Å². The number of anilines is 1. The molecule has 2 heterocycles. The molecule has 0 aliphatic heterocycles. The third-order valence-corrected chi connectivity index (χ3v) is 3.19. The van der Waals surface area contributed by atoms with Crippen LogP contribution in [0.25, 0.3) is 11.5 Å². The molecule has 3 aromatic rings. The Morgan fingerprint density at radius 1 is 1.15 bits per heavy atom. The Labute approximate surface area is 117 Å². The van der Waals surface area contributed by atoms with Gasteiger partial charge >= 0.3 is 0 Å². The van der Waals surface area contributed by atoms with Crippen LogP contribution in [0.4, 0.5) is 5.69 Å². The molecule has 1 aromatic carbocycles. The van der Waals surface area contributed by atoms with E-state index in [-0.39, 0.29) is 6.04 Å². The average Bonchev–Trinajstić information content (AvgIpc) is 3.10. The highest BCUT2D eigenvalue weighted by molar-refractivity contribution is 5.58. The van der Waals surface area contributed by atoms with Gasteiger partial charge in [-0.05, 0) is 31.2 Å². The Bertz CT molecular complexity index is 670. The van der Waals surface area contributed by atoms with E-state index >= 15 is 0 Å². The summed E-state index contributed by atoms with van der Waals surface area (Å²) in [7, 11) is 1.99. The minimum absolute atomic E-state index is 0.141. The molecule has 1 unspecified atom stereocenters. The maximum Gasteiger partial charge on any atom is 0.225 e. The second-order valence-corrected chi connectivity index (χ2v) is 4.68. The number of hydrogen-bond donors (Lipinski definition) is 1. The van der Waals surface area contributed by atoms with Crippen molar-refractivity contribution in [3.05, 3.63) is 54.9 Å². The second kappa shape index (κ2) is 5.21. The van der Waals surface area contributed by atoms with Crippen molar-refractivity contribution >= 4 is 5.69 Å². The summed E-state index contributed by atoms with van der Waals surface area (Å²) in [5.74, 6) is 1.63. The molecule has 0 radical (unpaired) electrons. The summed E-state index contributed by atoms with van der Waals surface area (Å²) in [5, 5.41) is 3.42. The Kier molecular flexibility index (Phi) is 3.25. The van der Waals surface area contributed by atoms with Crippen molar-refractivity contribution in [2.75, 3.05) is 5.32 Å². The molecule has 0 aliphatic carbocycles. The third kappa shape index (κ3) is 2.42. The fourth-order valence-corrected chi connectivity index (χ4v) is 2.18. The number of imidazole rings is 1. The minimum Gasteiger partial charge on any atom is -0.445 e. The van der Waals surface area contributed by atoms with Gasteiger partial charge in [0.2, 0.25) is 5.89 Å². The number of aromatic nitrogens is 3. The summed E-state index contributed by atoms with van der Waals surface area (Å²) in [5.41, 5.74) is 2.00. The number of oxazole rings is 1. The highest BCUT2D eigenvalue weighted by Gasteiger charge is 2.10. The van der Waals surface area contributed by atoms with Crippen molar-refractivity contribution in [1.82, 2.24) is 14.5 Å². The Balaban J connectivity index is 1.74. The van der Waals surface area contributed by atoms with E-state index in [1.54, 1.807) is 18.7 Å². The van der Waals surface area contributed by atoms with E-state index in [0.29, 0.717) is 5.89 Å². The van der Waals surface area contributed by atoms with Crippen molar-refractivity contribution in [2.45, 2.75) is 13.0 Å². The predicted molar refractivity (Wildman–Crippen MR) is 77.2 cm³/mol. The normalized spacial score (nSPS) is 12.3. The van der Waals surface area contributed by atoms with Crippen LogP contribution in [0.15, 0.2) is 53.5 Å². The maximum absolute atomic E-state index is 5.27. The fourth-order valence-electron chi connectivity index (χ4n) is 2.18. The molecular formula is C15H16N4O. The number of hydrogen-bond acceptors (Lipinski definition) is 4. The summed E-state index contributed by atoms with van der Waals surface area (Å²) in [6.07, 6.45) is 6.97. The molecule has 0 saturated heterocycles. The first kappa shape index (κ1) is 12.5. The third-order valence-electron chi connectivity index (χ3n) is 3.19. The number of aryl methyl sites for hydroxylation is 1. The van der Waals surface area contributed by atoms with Crippen LogP contribution >= 0.6 is 0 Å². The molecule has 20 heavy (non-hydrogen) atoms. The Morgan fingerprint density at radius 2 is 1.95 bits per heavy atom. The summed E-state index contributed by atoms with van der Waals surface area (Å²) < 4.78 is 7.28. The maximum atomic E-state index is 5.27. The Hall–Kier alpha value is -2.56. The fraction of sp³-hybridized carbons (Fsp3) is 0.200. The zero-order chi connectivity index (χ0) is 13.9. The van der Waals surface area contributed by atoms with E-state index in [9.17, 15) is 0 Å². The molecule has 0 spiro atoms. The SMILES string of the molecule is CC(Nc1ccc(-c2ncco2)cc1)c1nccn1C. The van der Waals surface area contributed by atoms with Crippen LogP contribution in [0.3, 0.4) is 0 Å². The van der Waals surface area contributed by atoms with E-state index in [1.165, 1.54) is 0 Å². The van der Waals surface area contributed by atoms with E-state index < -0.39 is 0 Å². The lowest BCUT2D eigenvalue weighted by Gasteiger charge is -2.15. The average molecular weight is 268 g/mol. The van der Waals surface area contributed by atoms with Gasteiger partial charge in [0.25, 0.3) is 0 Å². The topological polar surface area (TPSA) is 55.9 Å². The lowest BCUT2D eigenvalue weighted by Crippen LogP contribution is -2.11. The number of benzene rings is 1. The quantitative estimate of drug-likeness (QED) is 0.789. The molecular weight excluding hydrogens is 252 g/mol. The molecule has 2 aromatic heterocycles. The van der Waals surface area contributed by atoms with Crippen LogP contribution in [0.2, 0.25) is 0 Å². The van der Waals surface area contributed by atoms with Gasteiger partial charge in [0.05, 0.1) is 12.2 Å². The van der Waals surface area contributed by atoms with E-state index in [2.05, 4.69) is 22.2 Å². The smallest absolute Gasteiger partial charge is 0.225 e. The highest BCUT2D eigenvalue weighted by atomic mass is 16.3. The summed E-state index contributed by atoms with van der Waals surface area (Å²) in [6, 6.07) is 8.14. The predicted octanol–water partition coefficient (Wildman–Crippen LogP) is 3.25. The number of rotatable bonds is 4. The summed E-state index contributed by atoms with van der Waals surface area (Å²) >= 11 is 0. The van der Waals surface area contributed by atoms with Crippen molar-refractivity contribution in [3.63, 3.8) is 0 Å². The monoisotopic (exact) mass is 268 g/mol. The zero-order valence-electron chi connectivity index (χ0n) is 11.4. The van der Waals surface area contributed by atoms with Crippen molar-refractivity contribution < 1.29 is 4.42 Å². The molecule has 102 valence electrons. The largest absolute Gasteiger partial charge is 0.445 e.